The van der Waals surface area contributed by atoms with Crippen LogP contribution in [0.25, 0.3) is 0 Å². The lowest BCUT2D eigenvalue weighted by atomic mass is 10.2. The molecule has 0 aliphatic carbocycles. The average Bonchev–Trinajstić information content (AvgIpc) is 2.97. The first-order chi connectivity index (χ1) is 12.6. The Bertz CT molecular complexity index is 823. The maximum atomic E-state index is 12.9. The summed E-state index contributed by atoms with van der Waals surface area (Å²) in [6, 6.07) is 8.20. The molecule has 7 nitrogen and oxygen atoms in total. The number of amides is 2. The SMILES string of the molecule is O=C1C[C@H](N2CCN(c3ncccn3)CC2)C(=O)N1c1cccc(Cl)c1. The number of aromatic nitrogens is 2. The second-order valence-electron chi connectivity index (χ2n) is 6.34. The number of nitrogens with zero attached hydrogens (tertiary/aromatic N) is 5. The Morgan fingerprint density at radius 1 is 1.00 bits per heavy atom. The van der Waals surface area contributed by atoms with Gasteiger partial charge in [-0.15, -0.1) is 0 Å². The van der Waals surface area contributed by atoms with Crippen LogP contribution >= 0.6 is 11.6 Å². The van der Waals surface area contributed by atoms with Crippen molar-refractivity contribution in [2.75, 3.05) is 36.0 Å². The Kier molecular flexibility index (Phi) is 4.57. The predicted octanol–water partition coefficient (Wildman–Crippen LogP) is 1.58. The van der Waals surface area contributed by atoms with Gasteiger partial charge in [-0.1, -0.05) is 17.7 Å². The van der Waals surface area contributed by atoms with Crippen molar-refractivity contribution in [2.45, 2.75) is 12.5 Å². The van der Waals surface area contributed by atoms with Gasteiger partial charge in [-0.25, -0.2) is 14.9 Å². The molecule has 0 radical (unpaired) electrons. The van der Waals surface area contributed by atoms with E-state index in [9.17, 15) is 9.59 Å². The van der Waals surface area contributed by atoms with Gasteiger partial charge < -0.3 is 4.90 Å². The van der Waals surface area contributed by atoms with E-state index < -0.39 is 6.04 Å². The Labute approximate surface area is 156 Å². The molecule has 0 bridgehead atoms. The summed E-state index contributed by atoms with van der Waals surface area (Å²) in [4.78, 5) is 39.3. The number of halogens is 1. The molecule has 2 saturated heterocycles. The van der Waals surface area contributed by atoms with Gasteiger partial charge in [0.25, 0.3) is 5.91 Å². The third-order valence-corrected chi connectivity index (χ3v) is 5.01. The van der Waals surface area contributed by atoms with Crippen molar-refractivity contribution in [2.24, 2.45) is 0 Å². The number of imide groups is 1. The fourth-order valence-corrected chi connectivity index (χ4v) is 3.66. The monoisotopic (exact) mass is 371 g/mol. The first-order valence-corrected chi connectivity index (χ1v) is 8.89. The minimum Gasteiger partial charge on any atom is -0.338 e. The van der Waals surface area contributed by atoms with Gasteiger partial charge in [0.05, 0.1) is 18.2 Å². The Hall–Kier alpha value is -2.51. The third-order valence-electron chi connectivity index (χ3n) is 4.78. The lowest BCUT2D eigenvalue weighted by molar-refractivity contribution is -0.123. The van der Waals surface area contributed by atoms with Crippen molar-refractivity contribution in [3.8, 4) is 0 Å². The lowest BCUT2D eigenvalue weighted by Gasteiger charge is -2.36. The van der Waals surface area contributed by atoms with Crippen molar-refractivity contribution in [1.29, 1.82) is 0 Å². The zero-order valence-corrected chi connectivity index (χ0v) is 14.8. The molecule has 1 atom stereocenters. The number of anilines is 2. The number of piperazine rings is 1. The maximum Gasteiger partial charge on any atom is 0.251 e. The van der Waals surface area contributed by atoms with E-state index in [4.69, 9.17) is 11.6 Å². The van der Waals surface area contributed by atoms with E-state index in [1.807, 2.05) is 0 Å². The van der Waals surface area contributed by atoms with E-state index in [1.165, 1.54) is 4.90 Å². The van der Waals surface area contributed by atoms with Gasteiger partial charge in [-0.3, -0.25) is 14.5 Å². The number of hydrogen-bond donors (Lipinski definition) is 0. The summed E-state index contributed by atoms with van der Waals surface area (Å²) >= 11 is 6.00. The molecule has 1 aromatic carbocycles. The molecule has 2 aliphatic rings. The van der Waals surface area contributed by atoms with Crippen molar-refractivity contribution in [1.82, 2.24) is 14.9 Å². The van der Waals surface area contributed by atoms with Crippen molar-refractivity contribution in [3.05, 3.63) is 47.7 Å². The summed E-state index contributed by atoms with van der Waals surface area (Å²) in [6.45, 7) is 2.81. The molecule has 2 aliphatic heterocycles. The highest BCUT2D eigenvalue weighted by Crippen LogP contribution is 2.28. The Balaban J connectivity index is 1.45. The molecule has 1 aromatic heterocycles. The van der Waals surface area contributed by atoms with Crippen LogP contribution in [0.2, 0.25) is 5.02 Å². The minimum atomic E-state index is -0.416. The summed E-state index contributed by atoms with van der Waals surface area (Å²) in [5.74, 6) is 0.333. The van der Waals surface area contributed by atoms with Crippen LogP contribution in [0.4, 0.5) is 11.6 Å². The minimum absolute atomic E-state index is 0.179. The molecule has 3 heterocycles. The van der Waals surface area contributed by atoms with Crippen LogP contribution in [0.3, 0.4) is 0 Å². The van der Waals surface area contributed by atoms with Gasteiger partial charge in [-0.05, 0) is 24.3 Å². The standard InChI is InChI=1S/C18H18ClN5O2/c19-13-3-1-4-14(11-13)24-16(25)12-15(17(24)26)22-7-9-23(10-8-22)18-20-5-2-6-21-18/h1-6,11,15H,7-10,12H2/t15-/m0/s1. The summed E-state index contributed by atoms with van der Waals surface area (Å²) < 4.78 is 0. The molecule has 2 aromatic rings. The average molecular weight is 372 g/mol. The zero-order valence-electron chi connectivity index (χ0n) is 14.1. The van der Waals surface area contributed by atoms with Crippen LogP contribution in [0.15, 0.2) is 42.7 Å². The van der Waals surface area contributed by atoms with E-state index in [0.29, 0.717) is 29.7 Å². The van der Waals surface area contributed by atoms with Gasteiger partial charge in [-0.2, -0.15) is 0 Å². The highest BCUT2D eigenvalue weighted by Gasteiger charge is 2.43. The van der Waals surface area contributed by atoms with Crippen LogP contribution in [0.1, 0.15) is 6.42 Å². The van der Waals surface area contributed by atoms with E-state index in [-0.39, 0.29) is 18.2 Å². The first-order valence-electron chi connectivity index (χ1n) is 8.52. The number of rotatable bonds is 3. The summed E-state index contributed by atoms with van der Waals surface area (Å²) in [5, 5.41) is 0.503. The number of hydrogen-bond acceptors (Lipinski definition) is 6. The summed E-state index contributed by atoms with van der Waals surface area (Å²) in [7, 11) is 0. The van der Waals surface area contributed by atoms with Crippen LogP contribution in [-0.2, 0) is 9.59 Å². The molecular weight excluding hydrogens is 354 g/mol. The van der Waals surface area contributed by atoms with Crippen molar-refractivity contribution in [3.63, 3.8) is 0 Å². The van der Waals surface area contributed by atoms with E-state index in [2.05, 4.69) is 19.8 Å². The highest BCUT2D eigenvalue weighted by atomic mass is 35.5. The lowest BCUT2D eigenvalue weighted by Crippen LogP contribution is -2.53. The van der Waals surface area contributed by atoms with Crippen molar-refractivity contribution >= 4 is 35.1 Å². The van der Waals surface area contributed by atoms with Crippen LogP contribution in [0, 0.1) is 0 Å². The zero-order chi connectivity index (χ0) is 18.1. The first kappa shape index (κ1) is 16.9. The van der Waals surface area contributed by atoms with Gasteiger partial charge in [0.15, 0.2) is 0 Å². The Morgan fingerprint density at radius 3 is 2.42 bits per heavy atom. The molecule has 0 spiro atoms. The quantitative estimate of drug-likeness (QED) is 0.763. The summed E-state index contributed by atoms with van der Waals surface area (Å²) in [6.07, 6.45) is 3.64. The number of carbonyl (C=O) groups is 2. The van der Waals surface area contributed by atoms with Crippen LogP contribution in [-0.4, -0.2) is 58.9 Å². The van der Waals surface area contributed by atoms with Gasteiger partial charge in [0, 0.05) is 43.6 Å². The highest BCUT2D eigenvalue weighted by molar-refractivity contribution is 6.31. The predicted molar refractivity (Wildman–Crippen MR) is 98.2 cm³/mol. The molecule has 2 amide bonds. The molecule has 4 rings (SSSR count). The van der Waals surface area contributed by atoms with Gasteiger partial charge >= 0.3 is 0 Å². The van der Waals surface area contributed by atoms with Gasteiger partial charge in [0.1, 0.15) is 0 Å². The summed E-state index contributed by atoms with van der Waals surface area (Å²) in [5.41, 5.74) is 0.534. The molecule has 0 N–H and O–H groups in total. The second kappa shape index (κ2) is 7.01. The fourth-order valence-electron chi connectivity index (χ4n) is 3.48. The molecule has 0 unspecified atom stereocenters. The van der Waals surface area contributed by atoms with Crippen LogP contribution < -0.4 is 9.80 Å². The maximum absolute atomic E-state index is 12.9. The largest absolute Gasteiger partial charge is 0.338 e. The molecule has 2 fully saturated rings. The molecule has 134 valence electrons. The fraction of sp³-hybridized carbons (Fsp3) is 0.333. The van der Waals surface area contributed by atoms with E-state index >= 15 is 0 Å². The molecule has 8 heteroatoms. The second-order valence-corrected chi connectivity index (χ2v) is 6.78. The van der Waals surface area contributed by atoms with Crippen molar-refractivity contribution < 1.29 is 9.59 Å². The normalized spacial score (nSPS) is 21.5. The van der Waals surface area contributed by atoms with Crippen LogP contribution in [0.5, 0.6) is 0 Å². The third kappa shape index (κ3) is 3.15. The Morgan fingerprint density at radius 2 is 1.73 bits per heavy atom. The smallest absolute Gasteiger partial charge is 0.251 e. The van der Waals surface area contributed by atoms with E-state index in [1.54, 1.807) is 42.7 Å². The molecule has 0 saturated carbocycles. The molecular formula is C18H18ClN5O2. The number of carbonyl (C=O) groups excluding carboxylic acids is 2. The van der Waals surface area contributed by atoms with E-state index in [0.717, 1.165) is 13.1 Å². The topological polar surface area (TPSA) is 69.6 Å². The van der Waals surface area contributed by atoms with Gasteiger partial charge in [0.2, 0.25) is 11.9 Å². The molecule has 26 heavy (non-hydrogen) atoms. The number of benzene rings is 1.